The number of thioether (sulfide) groups is 2. The van der Waals surface area contributed by atoms with E-state index in [1.54, 1.807) is 17.8 Å². The molecular weight excluding hydrogens is 438 g/mol. The van der Waals surface area contributed by atoms with Gasteiger partial charge in [0.2, 0.25) is 5.17 Å². The number of rotatable bonds is 3. The minimum Gasteiger partial charge on any atom is -0.318 e. The quantitative estimate of drug-likeness (QED) is 0.627. The van der Waals surface area contributed by atoms with Crippen molar-refractivity contribution in [3.8, 4) is 5.69 Å². The second kappa shape index (κ2) is 8.09. The molecule has 4 rings (SSSR count). The van der Waals surface area contributed by atoms with Crippen molar-refractivity contribution in [2.24, 2.45) is 10.1 Å². The van der Waals surface area contributed by atoms with Gasteiger partial charge >= 0.3 is 0 Å². The second-order valence-corrected chi connectivity index (χ2v) is 9.74. The lowest BCUT2D eigenvalue weighted by molar-refractivity contribution is -0.114. The SMILES string of the molecule is CCSC1=NN2C(=N)/C(=C/c3cc(C)n(-c4cccc(Cl)c4C)c3C)C(=O)N=C2S1. The molecule has 154 valence electrons. The van der Waals surface area contributed by atoms with E-state index in [0.717, 1.165) is 38.3 Å². The van der Waals surface area contributed by atoms with Crippen molar-refractivity contribution in [2.75, 3.05) is 5.75 Å². The molecule has 6 nitrogen and oxygen atoms in total. The molecule has 3 heterocycles. The van der Waals surface area contributed by atoms with E-state index in [9.17, 15) is 4.79 Å². The van der Waals surface area contributed by atoms with E-state index in [4.69, 9.17) is 17.0 Å². The number of carbonyl (C=O) groups is 1. The fraction of sp³-hybridized carbons (Fsp3) is 0.238. The van der Waals surface area contributed by atoms with E-state index >= 15 is 0 Å². The Morgan fingerprint density at radius 1 is 1.30 bits per heavy atom. The molecule has 0 saturated carbocycles. The number of fused-ring (bicyclic) bond motifs is 1. The lowest BCUT2D eigenvalue weighted by atomic mass is 10.1. The van der Waals surface area contributed by atoms with E-state index in [0.29, 0.717) is 10.2 Å². The lowest BCUT2D eigenvalue weighted by Crippen LogP contribution is -2.35. The first-order valence-corrected chi connectivity index (χ1v) is 11.6. The number of halogens is 1. The topological polar surface area (TPSA) is 73.8 Å². The van der Waals surface area contributed by atoms with Gasteiger partial charge in [-0.25, -0.2) is 0 Å². The number of aryl methyl sites for hydroxylation is 1. The average Bonchev–Trinajstić information content (AvgIpc) is 3.22. The van der Waals surface area contributed by atoms with Crippen LogP contribution in [0.25, 0.3) is 11.8 Å². The first-order chi connectivity index (χ1) is 14.3. The van der Waals surface area contributed by atoms with Crippen molar-refractivity contribution in [1.29, 1.82) is 5.41 Å². The second-order valence-electron chi connectivity index (χ2n) is 6.86. The number of hydrazone groups is 1. The first kappa shape index (κ1) is 21.0. The molecule has 1 amide bonds. The summed E-state index contributed by atoms with van der Waals surface area (Å²) in [5.41, 5.74) is 5.04. The molecule has 0 atom stereocenters. The van der Waals surface area contributed by atoms with Crippen LogP contribution in [0.1, 0.15) is 29.4 Å². The van der Waals surface area contributed by atoms with Gasteiger partial charge < -0.3 is 4.57 Å². The molecule has 30 heavy (non-hydrogen) atoms. The van der Waals surface area contributed by atoms with E-state index in [-0.39, 0.29) is 11.4 Å². The van der Waals surface area contributed by atoms with Crippen LogP contribution in [0.4, 0.5) is 0 Å². The third kappa shape index (κ3) is 3.53. The summed E-state index contributed by atoms with van der Waals surface area (Å²) in [6.07, 6.45) is 1.73. The molecule has 0 spiro atoms. The van der Waals surface area contributed by atoms with Crippen LogP contribution in [0.5, 0.6) is 0 Å². The molecule has 0 fully saturated rings. The van der Waals surface area contributed by atoms with Crippen LogP contribution >= 0.6 is 35.1 Å². The minimum atomic E-state index is -0.416. The van der Waals surface area contributed by atoms with Crippen molar-refractivity contribution in [2.45, 2.75) is 27.7 Å². The number of nitrogens with one attached hydrogen (secondary N) is 1. The molecule has 9 heteroatoms. The zero-order valence-electron chi connectivity index (χ0n) is 17.0. The Hall–Kier alpha value is -2.29. The van der Waals surface area contributed by atoms with Crippen LogP contribution in [0.2, 0.25) is 5.02 Å². The molecule has 2 aromatic rings. The first-order valence-electron chi connectivity index (χ1n) is 9.39. The van der Waals surface area contributed by atoms with Gasteiger partial charge in [-0.2, -0.15) is 10.0 Å². The third-order valence-electron chi connectivity index (χ3n) is 4.95. The summed E-state index contributed by atoms with van der Waals surface area (Å²) in [5, 5.41) is 15.6. The van der Waals surface area contributed by atoms with Gasteiger partial charge in [0.05, 0.1) is 5.57 Å². The van der Waals surface area contributed by atoms with Gasteiger partial charge in [0.1, 0.15) is 0 Å². The van der Waals surface area contributed by atoms with Gasteiger partial charge in [-0.15, -0.1) is 5.10 Å². The van der Waals surface area contributed by atoms with Crippen LogP contribution < -0.4 is 0 Å². The molecule has 0 bridgehead atoms. The zero-order chi connectivity index (χ0) is 21.6. The number of aromatic nitrogens is 1. The number of carbonyl (C=O) groups excluding carboxylic acids is 1. The Balaban J connectivity index is 1.75. The van der Waals surface area contributed by atoms with E-state index < -0.39 is 5.91 Å². The van der Waals surface area contributed by atoms with Crippen LogP contribution in [-0.2, 0) is 4.79 Å². The van der Waals surface area contributed by atoms with Crippen LogP contribution in [0.3, 0.4) is 0 Å². The summed E-state index contributed by atoms with van der Waals surface area (Å²) in [7, 11) is 0. The average molecular weight is 458 g/mol. The van der Waals surface area contributed by atoms with Gasteiger partial charge in [0.25, 0.3) is 5.91 Å². The van der Waals surface area contributed by atoms with Gasteiger partial charge in [0, 0.05) is 22.1 Å². The zero-order valence-corrected chi connectivity index (χ0v) is 19.4. The van der Waals surface area contributed by atoms with Crippen molar-refractivity contribution in [3.63, 3.8) is 0 Å². The fourth-order valence-corrected chi connectivity index (χ4v) is 5.45. The summed E-state index contributed by atoms with van der Waals surface area (Å²) in [6, 6.07) is 7.82. The maximum Gasteiger partial charge on any atom is 0.283 e. The number of aliphatic imine (C=N–C) groups is 1. The van der Waals surface area contributed by atoms with Crippen LogP contribution in [0, 0.1) is 26.2 Å². The Labute approximate surface area is 188 Å². The highest BCUT2D eigenvalue weighted by Crippen LogP contribution is 2.33. The number of amidine groups is 2. The number of hydrogen-bond acceptors (Lipinski definition) is 5. The van der Waals surface area contributed by atoms with E-state index in [2.05, 4.69) is 14.7 Å². The molecule has 0 saturated heterocycles. The minimum absolute atomic E-state index is 0.0490. The van der Waals surface area contributed by atoms with E-state index in [1.807, 2.05) is 52.0 Å². The number of nitrogens with zero attached hydrogens (tertiary/aromatic N) is 4. The maximum absolute atomic E-state index is 12.7. The highest BCUT2D eigenvalue weighted by molar-refractivity contribution is 8.45. The van der Waals surface area contributed by atoms with Crippen molar-refractivity contribution in [1.82, 2.24) is 9.58 Å². The summed E-state index contributed by atoms with van der Waals surface area (Å²) < 4.78 is 2.91. The Kier molecular flexibility index (Phi) is 5.65. The van der Waals surface area contributed by atoms with Crippen LogP contribution in [0.15, 0.2) is 39.9 Å². The number of hydrogen-bond donors (Lipinski definition) is 1. The fourth-order valence-electron chi connectivity index (χ4n) is 3.45. The van der Waals surface area contributed by atoms with Crippen molar-refractivity contribution < 1.29 is 4.79 Å². The smallest absolute Gasteiger partial charge is 0.283 e. The van der Waals surface area contributed by atoms with Crippen LogP contribution in [-0.4, -0.2) is 36.6 Å². The summed E-state index contributed by atoms with van der Waals surface area (Å²) in [6.45, 7) is 8.02. The molecule has 1 N–H and O–H groups in total. The summed E-state index contributed by atoms with van der Waals surface area (Å²) in [4.78, 5) is 16.8. The lowest BCUT2D eigenvalue weighted by Gasteiger charge is -2.20. The van der Waals surface area contributed by atoms with Crippen molar-refractivity contribution >= 4 is 62.5 Å². The Morgan fingerprint density at radius 2 is 2.07 bits per heavy atom. The van der Waals surface area contributed by atoms with Gasteiger partial charge in [0.15, 0.2) is 10.2 Å². The molecule has 0 radical (unpaired) electrons. The normalized spacial score (nSPS) is 17.5. The highest BCUT2D eigenvalue weighted by atomic mass is 35.5. The molecule has 0 aliphatic carbocycles. The predicted octanol–water partition coefficient (Wildman–Crippen LogP) is 5.39. The molecule has 2 aliphatic heterocycles. The number of benzene rings is 1. The monoisotopic (exact) mass is 457 g/mol. The van der Waals surface area contributed by atoms with Crippen molar-refractivity contribution in [3.05, 3.63) is 57.4 Å². The molecule has 0 unspecified atom stereocenters. The molecule has 1 aromatic carbocycles. The summed E-state index contributed by atoms with van der Waals surface area (Å²) in [5.74, 6) is 0.500. The predicted molar refractivity (Wildman–Crippen MR) is 128 cm³/mol. The molecular formula is C21H20ClN5OS2. The maximum atomic E-state index is 12.7. The molecule has 1 aromatic heterocycles. The Bertz CT molecular complexity index is 1180. The summed E-state index contributed by atoms with van der Waals surface area (Å²) >= 11 is 9.22. The number of amides is 1. The molecule has 2 aliphatic rings. The standard InChI is InChI=1S/C21H20ClN5OS2/c1-5-29-21-25-27-18(23)15(19(28)24-20(27)30-21)10-14-9-11(2)26(13(14)4)17-8-6-7-16(22)12(17)3/h6-10,23H,5H2,1-4H3/b15-10-,23-18?. The third-order valence-corrected chi connectivity index (χ3v) is 7.29. The largest absolute Gasteiger partial charge is 0.318 e. The highest BCUT2D eigenvalue weighted by Gasteiger charge is 2.35. The van der Waals surface area contributed by atoms with Gasteiger partial charge in [-0.05, 0) is 73.7 Å². The van der Waals surface area contributed by atoms with Gasteiger partial charge in [-0.3, -0.25) is 10.2 Å². The van der Waals surface area contributed by atoms with E-state index in [1.165, 1.54) is 16.8 Å². The Morgan fingerprint density at radius 3 is 2.80 bits per heavy atom. The van der Waals surface area contributed by atoms with Gasteiger partial charge in [-0.1, -0.05) is 36.4 Å².